The molecule has 0 aliphatic rings. The van der Waals surface area contributed by atoms with E-state index in [-0.39, 0.29) is 24.4 Å². The normalized spacial score (nSPS) is 12.0. The lowest BCUT2D eigenvalue weighted by Gasteiger charge is -2.31. The highest BCUT2D eigenvalue weighted by molar-refractivity contribution is 7.99. The number of nitrogens with one attached hydrogen (secondary N) is 1. The lowest BCUT2D eigenvalue weighted by Crippen LogP contribution is -2.50. The first-order chi connectivity index (χ1) is 14.7. The summed E-state index contributed by atoms with van der Waals surface area (Å²) in [7, 11) is 0. The van der Waals surface area contributed by atoms with Crippen molar-refractivity contribution in [3.8, 4) is 0 Å². The molecule has 2 amide bonds. The van der Waals surface area contributed by atoms with Crippen molar-refractivity contribution in [2.45, 2.75) is 57.1 Å². The Morgan fingerprint density at radius 3 is 2.29 bits per heavy atom. The number of carbonyl (C=O) groups is 2. The molecule has 0 aliphatic heterocycles. The van der Waals surface area contributed by atoms with Gasteiger partial charge >= 0.3 is 0 Å². The Hall–Kier alpha value is -1.40. The van der Waals surface area contributed by atoms with Crippen molar-refractivity contribution in [2.75, 3.05) is 5.75 Å². The Kier molecular flexibility index (Phi) is 10.5. The van der Waals surface area contributed by atoms with E-state index >= 15 is 0 Å². The number of nitrogens with zero attached hydrogens (tertiary/aromatic N) is 1. The molecule has 4 nitrogen and oxygen atoms in total. The van der Waals surface area contributed by atoms with Crippen LogP contribution in [0.15, 0.2) is 47.4 Å². The first-order valence-electron chi connectivity index (χ1n) is 10.1. The van der Waals surface area contributed by atoms with Gasteiger partial charge in [0.1, 0.15) is 6.04 Å². The van der Waals surface area contributed by atoms with Crippen LogP contribution in [-0.4, -0.2) is 34.6 Å². The SMILES string of the molecule is CC[C@H](C(=O)NC(C)C)N(Cc1ccc(Cl)c(Cl)c1)C(=O)CCSc1ccc(Cl)cc1. The van der Waals surface area contributed by atoms with E-state index in [1.54, 1.807) is 28.8 Å². The lowest BCUT2D eigenvalue weighted by atomic mass is 10.1. The van der Waals surface area contributed by atoms with Crippen LogP contribution in [-0.2, 0) is 16.1 Å². The summed E-state index contributed by atoms with van der Waals surface area (Å²) in [5.41, 5.74) is 0.823. The van der Waals surface area contributed by atoms with Gasteiger partial charge in [0.25, 0.3) is 0 Å². The minimum atomic E-state index is -0.565. The van der Waals surface area contributed by atoms with E-state index in [1.807, 2.05) is 51.1 Å². The highest BCUT2D eigenvalue weighted by Crippen LogP contribution is 2.25. The molecule has 0 fully saturated rings. The topological polar surface area (TPSA) is 49.4 Å². The van der Waals surface area contributed by atoms with E-state index in [1.165, 1.54) is 0 Å². The van der Waals surface area contributed by atoms with Crippen LogP contribution in [0.3, 0.4) is 0 Å². The maximum Gasteiger partial charge on any atom is 0.243 e. The molecule has 0 spiro atoms. The van der Waals surface area contributed by atoms with Crippen molar-refractivity contribution in [1.82, 2.24) is 10.2 Å². The molecule has 2 rings (SSSR count). The molecule has 1 atom stereocenters. The molecule has 0 unspecified atom stereocenters. The van der Waals surface area contributed by atoms with E-state index in [0.717, 1.165) is 10.5 Å². The van der Waals surface area contributed by atoms with Crippen molar-refractivity contribution in [3.63, 3.8) is 0 Å². The number of amides is 2. The van der Waals surface area contributed by atoms with E-state index in [9.17, 15) is 9.59 Å². The van der Waals surface area contributed by atoms with Crippen molar-refractivity contribution in [3.05, 3.63) is 63.1 Å². The third-order valence-electron chi connectivity index (χ3n) is 4.55. The first-order valence-corrected chi connectivity index (χ1v) is 12.2. The van der Waals surface area contributed by atoms with Gasteiger partial charge in [-0.3, -0.25) is 9.59 Å². The standard InChI is InChI=1S/C23H27Cl3N2O2S/c1-4-21(23(30)27-15(2)3)28(14-16-5-10-19(25)20(26)13-16)22(29)11-12-31-18-8-6-17(24)7-9-18/h5-10,13,15,21H,4,11-12,14H2,1-3H3,(H,27,30)/t21-/m1/s1. The van der Waals surface area contributed by atoms with Crippen LogP contribution < -0.4 is 5.32 Å². The van der Waals surface area contributed by atoms with Crippen LogP contribution in [0.1, 0.15) is 39.2 Å². The van der Waals surface area contributed by atoms with E-state index in [0.29, 0.717) is 33.7 Å². The number of thioether (sulfide) groups is 1. The molecule has 8 heteroatoms. The summed E-state index contributed by atoms with van der Waals surface area (Å²) in [5, 5.41) is 4.47. The zero-order valence-corrected chi connectivity index (χ0v) is 20.9. The van der Waals surface area contributed by atoms with E-state index in [2.05, 4.69) is 5.32 Å². The number of hydrogen-bond donors (Lipinski definition) is 1. The van der Waals surface area contributed by atoms with Crippen LogP contribution in [0, 0.1) is 0 Å². The molecular weight excluding hydrogens is 475 g/mol. The molecule has 0 saturated carbocycles. The number of halogens is 3. The molecule has 0 bridgehead atoms. The van der Waals surface area contributed by atoms with Gasteiger partial charge in [0.2, 0.25) is 11.8 Å². The predicted octanol–water partition coefficient (Wildman–Crippen LogP) is 6.46. The summed E-state index contributed by atoms with van der Waals surface area (Å²) in [4.78, 5) is 28.7. The Balaban J connectivity index is 2.15. The molecule has 0 saturated heterocycles. The van der Waals surface area contributed by atoms with Crippen LogP contribution in [0.4, 0.5) is 0 Å². The third-order valence-corrected chi connectivity index (χ3v) is 6.56. The molecule has 0 radical (unpaired) electrons. The molecule has 0 heterocycles. The van der Waals surface area contributed by atoms with Gasteiger partial charge in [0.05, 0.1) is 10.0 Å². The molecule has 2 aromatic rings. The van der Waals surface area contributed by atoms with Crippen LogP contribution in [0.2, 0.25) is 15.1 Å². The van der Waals surface area contributed by atoms with Gasteiger partial charge in [0.15, 0.2) is 0 Å². The summed E-state index contributed by atoms with van der Waals surface area (Å²) >= 11 is 19.7. The minimum Gasteiger partial charge on any atom is -0.352 e. The van der Waals surface area contributed by atoms with Crippen LogP contribution in [0.5, 0.6) is 0 Å². The van der Waals surface area contributed by atoms with Gasteiger partial charge in [0, 0.05) is 34.7 Å². The Bertz CT molecular complexity index is 891. The highest BCUT2D eigenvalue weighted by Gasteiger charge is 2.28. The summed E-state index contributed by atoms with van der Waals surface area (Å²) in [5.74, 6) is 0.357. The molecule has 31 heavy (non-hydrogen) atoms. The van der Waals surface area contributed by atoms with Crippen molar-refractivity contribution >= 4 is 58.4 Å². The summed E-state index contributed by atoms with van der Waals surface area (Å²) in [6.45, 7) is 5.99. The van der Waals surface area contributed by atoms with Crippen molar-refractivity contribution in [1.29, 1.82) is 0 Å². The maximum atomic E-state index is 13.2. The summed E-state index contributed by atoms with van der Waals surface area (Å²) < 4.78 is 0. The summed E-state index contributed by atoms with van der Waals surface area (Å²) in [6, 6.07) is 12.2. The monoisotopic (exact) mass is 500 g/mol. The van der Waals surface area contributed by atoms with Gasteiger partial charge in [-0.05, 0) is 62.2 Å². The van der Waals surface area contributed by atoms with Crippen molar-refractivity contribution < 1.29 is 9.59 Å². The molecule has 2 aromatic carbocycles. The molecule has 0 aliphatic carbocycles. The van der Waals surface area contributed by atoms with Gasteiger partial charge in [-0.15, -0.1) is 11.8 Å². The zero-order valence-electron chi connectivity index (χ0n) is 17.8. The Morgan fingerprint density at radius 2 is 1.71 bits per heavy atom. The van der Waals surface area contributed by atoms with Gasteiger partial charge < -0.3 is 10.2 Å². The number of carbonyl (C=O) groups excluding carboxylic acids is 2. The van der Waals surface area contributed by atoms with Gasteiger partial charge in [-0.1, -0.05) is 47.8 Å². The van der Waals surface area contributed by atoms with Crippen LogP contribution >= 0.6 is 46.6 Å². The van der Waals surface area contributed by atoms with E-state index in [4.69, 9.17) is 34.8 Å². The van der Waals surface area contributed by atoms with Gasteiger partial charge in [-0.25, -0.2) is 0 Å². The molecular formula is C23H27Cl3N2O2S. The second kappa shape index (κ2) is 12.6. The largest absolute Gasteiger partial charge is 0.352 e. The fraction of sp³-hybridized carbons (Fsp3) is 0.391. The zero-order chi connectivity index (χ0) is 23.0. The average molecular weight is 502 g/mol. The third kappa shape index (κ3) is 8.23. The van der Waals surface area contributed by atoms with E-state index < -0.39 is 6.04 Å². The Labute approximate surface area is 203 Å². The predicted molar refractivity (Wildman–Crippen MR) is 131 cm³/mol. The second-order valence-electron chi connectivity index (χ2n) is 7.41. The fourth-order valence-electron chi connectivity index (χ4n) is 3.07. The van der Waals surface area contributed by atoms with Crippen molar-refractivity contribution in [2.24, 2.45) is 0 Å². The first kappa shape index (κ1) is 25.9. The van der Waals surface area contributed by atoms with Crippen LogP contribution in [0.25, 0.3) is 0 Å². The summed E-state index contributed by atoms with van der Waals surface area (Å²) in [6.07, 6.45) is 0.815. The average Bonchev–Trinajstić information content (AvgIpc) is 2.71. The minimum absolute atomic E-state index is 0.0102. The maximum absolute atomic E-state index is 13.2. The highest BCUT2D eigenvalue weighted by atomic mass is 35.5. The number of benzene rings is 2. The quantitative estimate of drug-likeness (QED) is 0.380. The number of hydrogen-bond acceptors (Lipinski definition) is 3. The molecule has 168 valence electrons. The number of rotatable bonds is 10. The lowest BCUT2D eigenvalue weighted by molar-refractivity contribution is -0.141. The smallest absolute Gasteiger partial charge is 0.243 e. The Morgan fingerprint density at radius 1 is 1.03 bits per heavy atom. The molecule has 1 N–H and O–H groups in total. The molecule has 0 aromatic heterocycles. The fourth-order valence-corrected chi connectivity index (χ4v) is 4.35. The van der Waals surface area contributed by atoms with Gasteiger partial charge in [-0.2, -0.15) is 0 Å². The second-order valence-corrected chi connectivity index (χ2v) is 9.83.